The van der Waals surface area contributed by atoms with Gasteiger partial charge in [-0.05, 0) is 29.5 Å². The molecular formula is C32H34N4O5. The highest BCUT2D eigenvalue weighted by Gasteiger charge is 2.53. The average molecular weight is 555 g/mol. The SMILES string of the molecule is O=C(CCCCN1C(=O)NC(c2ccccc2)(c2ccccc2)C1=O)N1CCN(C(=O)OCc2ccccc2)CC1. The number of nitrogens with one attached hydrogen (secondary N) is 1. The summed E-state index contributed by atoms with van der Waals surface area (Å²) in [5.41, 5.74) is 1.04. The number of imide groups is 1. The third kappa shape index (κ3) is 6.09. The van der Waals surface area contributed by atoms with Crippen molar-refractivity contribution in [1.82, 2.24) is 20.0 Å². The van der Waals surface area contributed by atoms with E-state index in [2.05, 4.69) is 5.32 Å². The smallest absolute Gasteiger partial charge is 0.410 e. The van der Waals surface area contributed by atoms with Gasteiger partial charge in [-0.15, -0.1) is 0 Å². The standard InChI is InChI=1S/C32H34N4O5/c37-28(34-20-22-35(23-21-34)31(40)41-24-25-12-4-1-5-13-25)18-10-11-19-36-29(38)32(33-30(36)39,26-14-6-2-7-15-26)27-16-8-3-9-17-27/h1-9,12-17H,10-11,18-24H2,(H,33,39). The molecule has 9 heteroatoms. The van der Waals surface area contributed by atoms with Crippen LogP contribution in [-0.4, -0.2) is 71.4 Å². The number of unbranched alkanes of at least 4 members (excludes halogenated alkanes) is 1. The van der Waals surface area contributed by atoms with E-state index in [1.807, 2.05) is 91.0 Å². The van der Waals surface area contributed by atoms with Crippen LogP contribution in [0.2, 0.25) is 0 Å². The van der Waals surface area contributed by atoms with Crippen LogP contribution in [0, 0.1) is 0 Å². The van der Waals surface area contributed by atoms with Crippen LogP contribution in [0.4, 0.5) is 9.59 Å². The van der Waals surface area contributed by atoms with Gasteiger partial charge in [0.2, 0.25) is 5.91 Å². The zero-order valence-electron chi connectivity index (χ0n) is 22.9. The van der Waals surface area contributed by atoms with E-state index in [9.17, 15) is 19.2 Å². The summed E-state index contributed by atoms with van der Waals surface area (Å²) in [6.45, 7) is 2.17. The van der Waals surface area contributed by atoms with Crippen molar-refractivity contribution in [1.29, 1.82) is 0 Å². The van der Waals surface area contributed by atoms with Crippen LogP contribution in [0.1, 0.15) is 36.0 Å². The summed E-state index contributed by atoms with van der Waals surface area (Å²) >= 11 is 0. The van der Waals surface area contributed by atoms with E-state index >= 15 is 0 Å². The Hall–Kier alpha value is -4.66. The Labute approximate surface area is 239 Å². The fourth-order valence-corrected chi connectivity index (χ4v) is 5.37. The molecule has 1 N–H and O–H groups in total. The fourth-order valence-electron chi connectivity index (χ4n) is 5.37. The molecule has 3 aromatic carbocycles. The normalized spacial score (nSPS) is 16.4. The molecule has 2 fully saturated rings. The van der Waals surface area contributed by atoms with Gasteiger partial charge in [-0.1, -0.05) is 91.0 Å². The molecule has 0 aromatic heterocycles. The average Bonchev–Trinajstić information content (AvgIpc) is 3.29. The van der Waals surface area contributed by atoms with Gasteiger partial charge in [0, 0.05) is 39.1 Å². The van der Waals surface area contributed by atoms with E-state index in [4.69, 9.17) is 4.74 Å². The Kier molecular flexibility index (Phi) is 8.62. The number of piperazine rings is 1. The number of nitrogens with zero attached hydrogens (tertiary/aromatic N) is 3. The molecule has 5 amide bonds. The molecule has 0 radical (unpaired) electrons. The van der Waals surface area contributed by atoms with Crippen LogP contribution < -0.4 is 5.32 Å². The van der Waals surface area contributed by atoms with Crippen molar-refractivity contribution < 1.29 is 23.9 Å². The highest BCUT2D eigenvalue weighted by Crippen LogP contribution is 2.36. The van der Waals surface area contributed by atoms with Crippen molar-refractivity contribution in [3.63, 3.8) is 0 Å². The van der Waals surface area contributed by atoms with Crippen LogP contribution in [-0.2, 0) is 26.5 Å². The maximum atomic E-state index is 13.8. The zero-order valence-corrected chi connectivity index (χ0v) is 22.9. The molecule has 212 valence electrons. The van der Waals surface area contributed by atoms with Gasteiger partial charge in [0.25, 0.3) is 5.91 Å². The summed E-state index contributed by atoms with van der Waals surface area (Å²) in [5.74, 6) is -0.316. The second-order valence-corrected chi connectivity index (χ2v) is 10.2. The van der Waals surface area contributed by atoms with Crippen molar-refractivity contribution in [3.8, 4) is 0 Å². The number of urea groups is 1. The maximum absolute atomic E-state index is 13.8. The third-order valence-corrected chi connectivity index (χ3v) is 7.64. The number of rotatable bonds is 9. The summed E-state index contributed by atoms with van der Waals surface area (Å²) in [7, 11) is 0. The number of hydrogen-bond acceptors (Lipinski definition) is 5. The first-order valence-corrected chi connectivity index (χ1v) is 14.0. The van der Waals surface area contributed by atoms with E-state index in [0.29, 0.717) is 56.6 Å². The molecule has 0 atom stereocenters. The zero-order chi connectivity index (χ0) is 28.7. The molecule has 5 rings (SSSR count). The Morgan fingerprint density at radius 1 is 0.732 bits per heavy atom. The molecular weight excluding hydrogens is 520 g/mol. The number of ether oxygens (including phenoxy) is 1. The Morgan fingerprint density at radius 3 is 1.85 bits per heavy atom. The van der Waals surface area contributed by atoms with Crippen LogP contribution in [0.15, 0.2) is 91.0 Å². The second-order valence-electron chi connectivity index (χ2n) is 10.2. The molecule has 2 aliphatic rings. The number of carbonyl (C=O) groups excluding carboxylic acids is 4. The Morgan fingerprint density at radius 2 is 1.27 bits per heavy atom. The maximum Gasteiger partial charge on any atom is 0.410 e. The van der Waals surface area contributed by atoms with Crippen molar-refractivity contribution in [3.05, 3.63) is 108 Å². The first-order valence-electron chi connectivity index (χ1n) is 14.0. The fraction of sp³-hybridized carbons (Fsp3) is 0.312. The van der Waals surface area contributed by atoms with Gasteiger partial charge in [-0.2, -0.15) is 0 Å². The minimum atomic E-state index is -1.28. The van der Waals surface area contributed by atoms with Gasteiger partial charge in [0.05, 0.1) is 0 Å². The van der Waals surface area contributed by atoms with Crippen LogP contribution in [0.5, 0.6) is 0 Å². The first kappa shape index (κ1) is 27.9. The topological polar surface area (TPSA) is 99.3 Å². The van der Waals surface area contributed by atoms with E-state index in [0.717, 1.165) is 5.56 Å². The lowest BCUT2D eigenvalue weighted by molar-refractivity contribution is -0.132. The minimum Gasteiger partial charge on any atom is -0.445 e. The molecule has 0 saturated carbocycles. The predicted octanol–water partition coefficient (Wildman–Crippen LogP) is 4.13. The largest absolute Gasteiger partial charge is 0.445 e. The summed E-state index contributed by atoms with van der Waals surface area (Å²) < 4.78 is 5.40. The molecule has 0 spiro atoms. The quantitative estimate of drug-likeness (QED) is 0.317. The highest BCUT2D eigenvalue weighted by molar-refractivity contribution is 6.09. The molecule has 41 heavy (non-hydrogen) atoms. The molecule has 9 nitrogen and oxygen atoms in total. The second kappa shape index (κ2) is 12.7. The number of benzene rings is 3. The summed E-state index contributed by atoms with van der Waals surface area (Å²) in [4.78, 5) is 56.6. The van der Waals surface area contributed by atoms with E-state index in [-0.39, 0.29) is 31.1 Å². The van der Waals surface area contributed by atoms with E-state index in [1.54, 1.807) is 9.80 Å². The lowest BCUT2D eigenvalue weighted by Gasteiger charge is -2.34. The molecule has 0 bridgehead atoms. The third-order valence-electron chi connectivity index (χ3n) is 7.64. The Balaban J connectivity index is 1.09. The molecule has 0 aliphatic carbocycles. The number of amides is 5. The summed E-state index contributed by atoms with van der Waals surface area (Å²) in [6, 6.07) is 27.6. The van der Waals surface area contributed by atoms with Gasteiger partial charge in [-0.3, -0.25) is 14.5 Å². The van der Waals surface area contributed by atoms with Gasteiger partial charge < -0.3 is 19.9 Å². The van der Waals surface area contributed by atoms with Crippen molar-refractivity contribution in [2.75, 3.05) is 32.7 Å². The van der Waals surface area contributed by atoms with Crippen LogP contribution in [0.25, 0.3) is 0 Å². The Bertz CT molecular complexity index is 1320. The van der Waals surface area contributed by atoms with Crippen molar-refractivity contribution in [2.24, 2.45) is 0 Å². The molecule has 2 saturated heterocycles. The molecule has 0 unspecified atom stereocenters. The van der Waals surface area contributed by atoms with Crippen molar-refractivity contribution in [2.45, 2.75) is 31.4 Å². The van der Waals surface area contributed by atoms with Gasteiger partial charge >= 0.3 is 12.1 Å². The predicted molar refractivity (Wildman–Crippen MR) is 153 cm³/mol. The monoisotopic (exact) mass is 554 g/mol. The van der Waals surface area contributed by atoms with Crippen molar-refractivity contribution >= 4 is 23.9 Å². The summed E-state index contributed by atoms with van der Waals surface area (Å²) in [5, 5.41) is 2.95. The highest BCUT2D eigenvalue weighted by atomic mass is 16.6. The minimum absolute atomic E-state index is 0.00224. The van der Waals surface area contributed by atoms with E-state index in [1.165, 1.54) is 4.90 Å². The molecule has 3 aromatic rings. The number of carbonyl (C=O) groups is 4. The van der Waals surface area contributed by atoms with Crippen LogP contribution >= 0.6 is 0 Å². The van der Waals surface area contributed by atoms with Gasteiger partial charge in [-0.25, -0.2) is 9.59 Å². The lowest BCUT2D eigenvalue weighted by Crippen LogP contribution is -2.50. The van der Waals surface area contributed by atoms with E-state index < -0.39 is 11.6 Å². The lowest BCUT2D eigenvalue weighted by atomic mass is 9.82. The molecule has 2 aliphatic heterocycles. The first-order chi connectivity index (χ1) is 20.0. The van der Waals surface area contributed by atoms with Crippen LogP contribution in [0.3, 0.4) is 0 Å². The van der Waals surface area contributed by atoms with Gasteiger partial charge in [0.15, 0.2) is 5.54 Å². The van der Waals surface area contributed by atoms with Gasteiger partial charge in [0.1, 0.15) is 6.61 Å². The summed E-state index contributed by atoms with van der Waals surface area (Å²) in [6.07, 6.45) is 0.983. The number of hydrogen-bond donors (Lipinski definition) is 1. The molecule has 2 heterocycles.